The van der Waals surface area contributed by atoms with E-state index in [-0.39, 0.29) is 11.9 Å². The quantitative estimate of drug-likeness (QED) is 0.845. The SMILES string of the molecule is Cc1ccccc1CNC(=O)C[NH2+][C@@H](C)c1cccc(Cl)c1. The zero-order valence-corrected chi connectivity index (χ0v) is 13.7. The van der Waals surface area contributed by atoms with Crippen LogP contribution in [0.4, 0.5) is 0 Å². The maximum Gasteiger partial charge on any atom is 0.275 e. The van der Waals surface area contributed by atoms with E-state index in [9.17, 15) is 4.79 Å². The molecule has 2 aromatic carbocycles. The van der Waals surface area contributed by atoms with Crippen molar-refractivity contribution in [3.05, 3.63) is 70.2 Å². The number of hydrogen-bond donors (Lipinski definition) is 2. The van der Waals surface area contributed by atoms with Crippen molar-refractivity contribution in [1.82, 2.24) is 5.32 Å². The minimum Gasteiger partial charge on any atom is -0.347 e. The molecule has 0 fully saturated rings. The molecule has 0 saturated heterocycles. The number of amides is 1. The number of halogens is 1. The number of carbonyl (C=O) groups is 1. The third kappa shape index (κ3) is 4.86. The molecule has 1 amide bonds. The Hall–Kier alpha value is -1.84. The van der Waals surface area contributed by atoms with Crippen LogP contribution in [0.5, 0.6) is 0 Å². The Morgan fingerprint density at radius 1 is 1.23 bits per heavy atom. The predicted molar refractivity (Wildman–Crippen MR) is 89.7 cm³/mol. The fraction of sp³-hybridized carbons (Fsp3) is 0.278. The first kappa shape index (κ1) is 16.5. The number of rotatable bonds is 6. The number of quaternary nitrogens is 1. The maximum atomic E-state index is 12.0. The molecule has 22 heavy (non-hydrogen) atoms. The molecule has 4 heteroatoms. The summed E-state index contributed by atoms with van der Waals surface area (Å²) in [7, 11) is 0. The summed E-state index contributed by atoms with van der Waals surface area (Å²) in [5.74, 6) is 0.0390. The van der Waals surface area contributed by atoms with Gasteiger partial charge in [-0.15, -0.1) is 0 Å². The number of benzene rings is 2. The average molecular weight is 318 g/mol. The second-order valence-corrected chi connectivity index (χ2v) is 5.92. The number of nitrogens with one attached hydrogen (secondary N) is 1. The molecule has 1 atom stereocenters. The van der Waals surface area contributed by atoms with E-state index < -0.39 is 0 Å². The van der Waals surface area contributed by atoms with Crippen LogP contribution in [-0.4, -0.2) is 12.5 Å². The van der Waals surface area contributed by atoms with Crippen molar-refractivity contribution >= 4 is 17.5 Å². The van der Waals surface area contributed by atoms with Gasteiger partial charge in [0.1, 0.15) is 6.04 Å². The Morgan fingerprint density at radius 3 is 2.73 bits per heavy atom. The first-order chi connectivity index (χ1) is 10.6. The van der Waals surface area contributed by atoms with Gasteiger partial charge < -0.3 is 10.6 Å². The molecule has 0 bridgehead atoms. The van der Waals surface area contributed by atoms with Crippen molar-refractivity contribution in [2.24, 2.45) is 0 Å². The van der Waals surface area contributed by atoms with Crippen molar-refractivity contribution in [2.45, 2.75) is 26.4 Å². The van der Waals surface area contributed by atoms with Gasteiger partial charge in [-0.25, -0.2) is 0 Å². The van der Waals surface area contributed by atoms with E-state index in [2.05, 4.69) is 25.2 Å². The van der Waals surface area contributed by atoms with Crippen LogP contribution < -0.4 is 10.6 Å². The lowest BCUT2D eigenvalue weighted by atomic mass is 10.1. The van der Waals surface area contributed by atoms with Crippen LogP contribution in [0, 0.1) is 6.92 Å². The fourth-order valence-corrected chi connectivity index (χ4v) is 2.48. The van der Waals surface area contributed by atoms with E-state index in [4.69, 9.17) is 11.6 Å². The number of aryl methyl sites for hydroxylation is 1. The van der Waals surface area contributed by atoms with Gasteiger partial charge in [-0.05, 0) is 37.1 Å². The summed E-state index contributed by atoms with van der Waals surface area (Å²) in [5, 5.41) is 5.70. The largest absolute Gasteiger partial charge is 0.347 e. The Labute approximate surface area is 136 Å². The zero-order chi connectivity index (χ0) is 15.9. The lowest BCUT2D eigenvalue weighted by molar-refractivity contribution is -0.682. The monoisotopic (exact) mass is 317 g/mol. The third-order valence-electron chi connectivity index (χ3n) is 3.77. The lowest BCUT2D eigenvalue weighted by Crippen LogP contribution is -2.87. The van der Waals surface area contributed by atoms with Crippen LogP contribution in [0.2, 0.25) is 5.02 Å². The number of carbonyl (C=O) groups excluding carboxylic acids is 1. The van der Waals surface area contributed by atoms with Crippen LogP contribution in [0.3, 0.4) is 0 Å². The lowest BCUT2D eigenvalue weighted by Gasteiger charge is -2.12. The van der Waals surface area contributed by atoms with Crippen molar-refractivity contribution in [1.29, 1.82) is 0 Å². The van der Waals surface area contributed by atoms with Gasteiger partial charge in [0, 0.05) is 17.1 Å². The molecular weight excluding hydrogens is 296 g/mol. The summed E-state index contributed by atoms with van der Waals surface area (Å²) in [6.07, 6.45) is 0. The van der Waals surface area contributed by atoms with Gasteiger partial charge >= 0.3 is 0 Å². The minimum atomic E-state index is 0.0390. The van der Waals surface area contributed by atoms with Gasteiger partial charge in [-0.3, -0.25) is 4.79 Å². The number of nitrogens with two attached hydrogens (primary N) is 1. The molecule has 0 heterocycles. The zero-order valence-electron chi connectivity index (χ0n) is 13.0. The van der Waals surface area contributed by atoms with Crippen LogP contribution in [0.15, 0.2) is 48.5 Å². The first-order valence-electron chi connectivity index (χ1n) is 7.46. The Balaban J connectivity index is 1.79. The normalized spacial score (nSPS) is 12.0. The van der Waals surface area contributed by atoms with E-state index in [1.807, 2.05) is 47.8 Å². The van der Waals surface area contributed by atoms with Crippen molar-refractivity contribution in [2.75, 3.05) is 6.54 Å². The highest BCUT2D eigenvalue weighted by Crippen LogP contribution is 2.14. The highest BCUT2D eigenvalue weighted by atomic mass is 35.5. The molecule has 0 radical (unpaired) electrons. The summed E-state index contributed by atoms with van der Waals surface area (Å²) in [6.45, 7) is 5.10. The second-order valence-electron chi connectivity index (χ2n) is 5.49. The molecule has 0 aliphatic carbocycles. The molecule has 2 aromatic rings. The summed E-state index contributed by atoms with van der Waals surface area (Å²) in [5.41, 5.74) is 3.47. The highest BCUT2D eigenvalue weighted by Gasteiger charge is 2.11. The van der Waals surface area contributed by atoms with Gasteiger partial charge in [-0.1, -0.05) is 48.0 Å². The molecule has 116 valence electrons. The van der Waals surface area contributed by atoms with Crippen molar-refractivity contribution in [3.8, 4) is 0 Å². The summed E-state index contributed by atoms with van der Waals surface area (Å²) in [6, 6.07) is 16.0. The second kappa shape index (κ2) is 7.97. The van der Waals surface area contributed by atoms with E-state index in [0.717, 1.165) is 16.1 Å². The topological polar surface area (TPSA) is 45.7 Å². The average Bonchev–Trinajstić information content (AvgIpc) is 2.52. The van der Waals surface area contributed by atoms with E-state index in [1.165, 1.54) is 5.56 Å². The van der Waals surface area contributed by atoms with Gasteiger partial charge in [0.2, 0.25) is 0 Å². The van der Waals surface area contributed by atoms with Crippen molar-refractivity contribution in [3.63, 3.8) is 0 Å². The van der Waals surface area contributed by atoms with Gasteiger partial charge in [0.25, 0.3) is 5.91 Å². The van der Waals surface area contributed by atoms with E-state index in [1.54, 1.807) is 0 Å². The minimum absolute atomic E-state index is 0.0390. The molecule has 0 spiro atoms. The number of hydrogen-bond acceptors (Lipinski definition) is 1. The molecular formula is C18H22ClN2O+. The Bertz CT molecular complexity index is 642. The molecule has 3 nitrogen and oxygen atoms in total. The van der Waals surface area contributed by atoms with E-state index in [0.29, 0.717) is 13.1 Å². The summed E-state index contributed by atoms with van der Waals surface area (Å²) in [4.78, 5) is 12.0. The smallest absolute Gasteiger partial charge is 0.275 e. The Morgan fingerprint density at radius 2 is 2.00 bits per heavy atom. The van der Waals surface area contributed by atoms with Crippen LogP contribution in [-0.2, 0) is 11.3 Å². The fourth-order valence-electron chi connectivity index (χ4n) is 2.28. The standard InChI is InChI=1S/C18H21ClN2O/c1-13-6-3-4-7-16(13)11-21-18(22)12-20-14(2)15-8-5-9-17(19)10-15/h3-10,14,20H,11-12H2,1-2H3,(H,21,22)/p+1/t14-/m0/s1. The molecule has 0 aromatic heterocycles. The molecule has 3 N–H and O–H groups in total. The van der Waals surface area contributed by atoms with Gasteiger partial charge in [0.15, 0.2) is 6.54 Å². The third-order valence-corrected chi connectivity index (χ3v) is 4.00. The highest BCUT2D eigenvalue weighted by molar-refractivity contribution is 6.30. The van der Waals surface area contributed by atoms with Gasteiger partial charge in [-0.2, -0.15) is 0 Å². The first-order valence-corrected chi connectivity index (χ1v) is 7.84. The van der Waals surface area contributed by atoms with Gasteiger partial charge in [0.05, 0.1) is 0 Å². The molecule has 0 saturated carbocycles. The van der Waals surface area contributed by atoms with Crippen molar-refractivity contribution < 1.29 is 10.1 Å². The summed E-state index contributed by atoms with van der Waals surface area (Å²) >= 11 is 5.99. The maximum absolute atomic E-state index is 12.0. The molecule has 2 rings (SSSR count). The summed E-state index contributed by atoms with van der Waals surface area (Å²) < 4.78 is 0. The predicted octanol–water partition coefficient (Wildman–Crippen LogP) is 2.59. The molecule has 0 aliphatic rings. The van der Waals surface area contributed by atoms with Crippen LogP contribution in [0.1, 0.15) is 29.7 Å². The van der Waals surface area contributed by atoms with Crippen LogP contribution >= 0.6 is 11.6 Å². The van der Waals surface area contributed by atoms with E-state index >= 15 is 0 Å². The van der Waals surface area contributed by atoms with Crippen LogP contribution in [0.25, 0.3) is 0 Å². The molecule has 0 unspecified atom stereocenters. The Kier molecular flexibility index (Phi) is 5.99. The molecule has 0 aliphatic heterocycles.